The van der Waals surface area contributed by atoms with E-state index in [4.69, 9.17) is 17.2 Å². The predicted molar refractivity (Wildman–Crippen MR) is 78.3 cm³/mol. The summed E-state index contributed by atoms with van der Waals surface area (Å²) in [7, 11) is 0. The molecule has 0 aliphatic carbocycles. The number of nitrogens with two attached hydrogens (primary N) is 3. The minimum absolute atomic E-state index is 0.0303. The molecule has 0 bridgehead atoms. The lowest BCUT2D eigenvalue weighted by Crippen LogP contribution is -2.26. The fourth-order valence-electron chi connectivity index (χ4n) is 1.29. The molecule has 0 saturated heterocycles. The molecule has 17 heavy (non-hydrogen) atoms. The van der Waals surface area contributed by atoms with Crippen LogP contribution in [0.15, 0.2) is 31.1 Å². The van der Waals surface area contributed by atoms with Crippen LogP contribution in [0.4, 0.5) is 5.69 Å². The zero-order valence-electron chi connectivity index (χ0n) is 9.24. The number of benzene rings is 1. The summed E-state index contributed by atoms with van der Waals surface area (Å²) in [5.74, 6) is -0.0831. The maximum absolute atomic E-state index is 5.61. The number of hydrogen-bond acceptors (Lipinski definition) is 1. The second kappa shape index (κ2) is 6.02. The Labute approximate surface area is 116 Å². The molecule has 0 spiro atoms. The molecule has 1 aromatic rings. The van der Waals surface area contributed by atoms with Crippen LogP contribution in [-0.4, -0.2) is 11.9 Å². The van der Waals surface area contributed by atoms with Crippen molar-refractivity contribution in [3.8, 4) is 0 Å². The highest BCUT2D eigenvalue weighted by atomic mass is 79.9. The topological polar surface area (TPSA) is 103 Å². The van der Waals surface area contributed by atoms with E-state index in [1.54, 1.807) is 0 Å². The predicted octanol–water partition coefficient (Wildman–Crippen LogP) is 1.99. The van der Waals surface area contributed by atoms with Gasteiger partial charge in [0.2, 0.25) is 5.96 Å². The molecule has 0 aromatic heterocycles. The average Bonchev–Trinajstić information content (AvgIpc) is 2.20. The number of aryl methyl sites for hydroxylation is 1. The summed E-state index contributed by atoms with van der Waals surface area (Å²) in [6.07, 6.45) is 0.825. The van der Waals surface area contributed by atoms with Gasteiger partial charge in [0.15, 0.2) is 5.96 Å². The molecule has 7 heteroatoms. The zero-order chi connectivity index (χ0) is 13.0. The Balaban J connectivity index is 3.27. The van der Waals surface area contributed by atoms with Gasteiger partial charge in [-0.15, -0.1) is 0 Å². The third-order valence-electron chi connectivity index (χ3n) is 1.96. The summed E-state index contributed by atoms with van der Waals surface area (Å²) >= 11 is 6.85. The fraction of sp³-hybridized carbons (Fsp3) is 0.200. The van der Waals surface area contributed by atoms with Crippen molar-refractivity contribution in [2.24, 2.45) is 27.2 Å². The van der Waals surface area contributed by atoms with Gasteiger partial charge in [0.25, 0.3) is 0 Å². The third kappa shape index (κ3) is 4.01. The molecule has 0 heterocycles. The number of aliphatic imine (C=N–C) groups is 2. The molecule has 0 fully saturated rings. The molecule has 6 N–H and O–H groups in total. The smallest absolute Gasteiger partial charge is 0.223 e. The molecule has 92 valence electrons. The first-order valence-corrected chi connectivity index (χ1v) is 6.44. The minimum atomic E-state index is -0.113. The Bertz CT molecular complexity index is 478. The highest BCUT2D eigenvalue weighted by molar-refractivity contribution is 9.11. The van der Waals surface area contributed by atoms with Gasteiger partial charge in [-0.1, -0.05) is 22.9 Å². The molecular formula is C10H13Br2N5. The van der Waals surface area contributed by atoms with Gasteiger partial charge in [0.05, 0.1) is 5.69 Å². The zero-order valence-corrected chi connectivity index (χ0v) is 12.4. The molecule has 0 unspecified atom stereocenters. The first-order valence-electron chi connectivity index (χ1n) is 4.85. The second-order valence-corrected chi connectivity index (χ2v) is 5.03. The Kier molecular flexibility index (Phi) is 4.95. The van der Waals surface area contributed by atoms with Crippen LogP contribution in [0.5, 0.6) is 0 Å². The quantitative estimate of drug-likeness (QED) is 0.553. The number of rotatable bonds is 2. The molecule has 1 rings (SSSR count). The largest absolute Gasteiger partial charge is 0.370 e. The van der Waals surface area contributed by atoms with Gasteiger partial charge in [0, 0.05) is 8.95 Å². The van der Waals surface area contributed by atoms with E-state index in [-0.39, 0.29) is 11.9 Å². The van der Waals surface area contributed by atoms with Gasteiger partial charge in [-0.05, 0) is 40.0 Å². The van der Waals surface area contributed by atoms with Crippen LogP contribution in [-0.2, 0) is 6.42 Å². The molecule has 0 saturated carbocycles. The number of nitrogens with zero attached hydrogens (tertiary/aromatic N) is 2. The summed E-state index contributed by atoms with van der Waals surface area (Å²) in [6.45, 7) is 2.03. The van der Waals surface area contributed by atoms with Gasteiger partial charge in [0.1, 0.15) is 0 Å². The SMILES string of the molecule is CCc1cc(Br)cc(Br)c1N=C(N)N=C(N)N. The summed E-state index contributed by atoms with van der Waals surface area (Å²) in [6, 6.07) is 3.87. The molecule has 5 nitrogen and oxygen atoms in total. The summed E-state index contributed by atoms with van der Waals surface area (Å²) in [5, 5.41) is 0. The van der Waals surface area contributed by atoms with Crippen LogP contribution in [0.2, 0.25) is 0 Å². The Morgan fingerprint density at radius 3 is 2.41 bits per heavy atom. The molecule has 0 radical (unpaired) electrons. The van der Waals surface area contributed by atoms with Crippen LogP contribution in [0.1, 0.15) is 12.5 Å². The third-order valence-corrected chi connectivity index (χ3v) is 3.02. The van der Waals surface area contributed by atoms with Crippen LogP contribution in [0.3, 0.4) is 0 Å². The van der Waals surface area contributed by atoms with E-state index < -0.39 is 0 Å². The van der Waals surface area contributed by atoms with E-state index in [9.17, 15) is 0 Å². The van der Waals surface area contributed by atoms with Crippen molar-refractivity contribution in [2.45, 2.75) is 13.3 Å². The van der Waals surface area contributed by atoms with Crippen LogP contribution >= 0.6 is 31.9 Å². The van der Waals surface area contributed by atoms with Crippen LogP contribution in [0, 0.1) is 0 Å². The molecule has 0 amide bonds. The molecule has 1 aromatic carbocycles. The molecular weight excluding hydrogens is 350 g/mol. The van der Waals surface area contributed by atoms with Gasteiger partial charge >= 0.3 is 0 Å². The lowest BCUT2D eigenvalue weighted by atomic mass is 10.1. The monoisotopic (exact) mass is 361 g/mol. The van der Waals surface area contributed by atoms with Crippen molar-refractivity contribution >= 4 is 49.5 Å². The lowest BCUT2D eigenvalue weighted by Gasteiger charge is -2.07. The van der Waals surface area contributed by atoms with E-state index in [1.807, 2.05) is 19.1 Å². The molecule has 0 aliphatic heterocycles. The maximum atomic E-state index is 5.61. The van der Waals surface area contributed by atoms with E-state index in [0.717, 1.165) is 26.6 Å². The minimum Gasteiger partial charge on any atom is -0.370 e. The van der Waals surface area contributed by atoms with Gasteiger partial charge < -0.3 is 17.2 Å². The van der Waals surface area contributed by atoms with Crippen LogP contribution < -0.4 is 17.2 Å². The first-order chi connectivity index (χ1) is 7.93. The summed E-state index contributed by atoms with van der Waals surface area (Å²) in [4.78, 5) is 7.87. The second-order valence-electron chi connectivity index (χ2n) is 3.26. The Morgan fingerprint density at radius 2 is 1.88 bits per heavy atom. The van der Waals surface area contributed by atoms with Crippen molar-refractivity contribution in [2.75, 3.05) is 0 Å². The van der Waals surface area contributed by atoms with E-state index in [0.29, 0.717) is 0 Å². The lowest BCUT2D eigenvalue weighted by molar-refractivity contribution is 1.12. The average molecular weight is 363 g/mol. The standard InChI is InChI=1S/C10H13Br2N5/c1-2-5-3-6(11)4-7(12)8(5)16-10(15)17-9(13)14/h3-4H,2H2,1H3,(H6,13,14,15,16,17). The first kappa shape index (κ1) is 14.0. The van der Waals surface area contributed by atoms with E-state index >= 15 is 0 Å². The normalized spacial score (nSPS) is 11.4. The van der Waals surface area contributed by atoms with Crippen LogP contribution in [0.25, 0.3) is 0 Å². The number of halogens is 2. The fourth-order valence-corrected chi connectivity index (χ4v) is 2.69. The number of guanidine groups is 2. The Hall–Kier alpha value is -1.08. The van der Waals surface area contributed by atoms with Gasteiger partial charge in [-0.25, -0.2) is 4.99 Å². The van der Waals surface area contributed by atoms with Crippen molar-refractivity contribution < 1.29 is 0 Å². The van der Waals surface area contributed by atoms with Crippen molar-refractivity contribution in [3.63, 3.8) is 0 Å². The molecule has 0 atom stereocenters. The van der Waals surface area contributed by atoms with Crippen molar-refractivity contribution in [1.82, 2.24) is 0 Å². The van der Waals surface area contributed by atoms with Gasteiger partial charge in [-0.2, -0.15) is 4.99 Å². The van der Waals surface area contributed by atoms with E-state index in [2.05, 4.69) is 41.8 Å². The number of hydrogen-bond donors (Lipinski definition) is 3. The molecule has 0 aliphatic rings. The highest BCUT2D eigenvalue weighted by Crippen LogP contribution is 2.33. The summed E-state index contributed by atoms with van der Waals surface area (Å²) < 4.78 is 1.80. The van der Waals surface area contributed by atoms with Crippen molar-refractivity contribution in [1.29, 1.82) is 0 Å². The summed E-state index contributed by atoms with van der Waals surface area (Å²) in [5.41, 5.74) is 17.8. The highest BCUT2D eigenvalue weighted by Gasteiger charge is 2.07. The van der Waals surface area contributed by atoms with Crippen molar-refractivity contribution in [3.05, 3.63) is 26.6 Å². The van der Waals surface area contributed by atoms with E-state index in [1.165, 1.54) is 0 Å². The Morgan fingerprint density at radius 1 is 1.24 bits per heavy atom. The maximum Gasteiger partial charge on any atom is 0.223 e. The van der Waals surface area contributed by atoms with Gasteiger partial charge in [-0.3, -0.25) is 0 Å².